The summed E-state index contributed by atoms with van der Waals surface area (Å²) < 4.78 is 11.9. The zero-order valence-electron chi connectivity index (χ0n) is 10.8. The Labute approximate surface area is 117 Å². The van der Waals surface area contributed by atoms with Crippen molar-refractivity contribution in [3.8, 4) is 23.8 Å². The van der Waals surface area contributed by atoms with E-state index in [1.54, 1.807) is 7.11 Å². The minimum atomic E-state index is 0.550. The van der Waals surface area contributed by atoms with Crippen molar-refractivity contribution in [1.82, 2.24) is 5.32 Å². The minimum absolute atomic E-state index is 0.550. The molecule has 0 bridgehead atoms. The van der Waals surface area contributed by atoms with Crippen LogP contribution in [0.2, 0.25) is 0 Å². The van der Waals surface area contributed by atoms with Crippen molar-refractivity contribution in [2.75, 3.05) is 20.3 Å². The van der Waals surface area contributed by atoms with Crippen LogP contribution < -0.4 is 14.8 Å². The van der Waals surface area contributed by atoms with Crippen molar-refractivity contribution >= 4 is 15.9 Å². The monoisotopic (exact) mass is 311 g/mol. The third kappa shape index (κ3) is 4.25. The Kier molecular flexibility index (Phi) is 6.63. The summed E-state index contributed by atoms with van der Waals surface area (Å²) in [6, 6.07) is 3.97. The second-order valence-corrected chi connectivity index (χ2v) is 4.62. The van der Waals surface area contributed by atoms with Crippen LogP contribution in [0.1, 0.15) is 18.9 Å². The zero-order valence-corrected chi connectivity index (χ0v) is 12.3. The Morgan fingerprint density at radius 3 is 2.83 bits per heavy atom. The van der Waals surface area contributed by atoms with Gasteiger partial charge in [0, 0.05) is 6.54 Å². The molecule has 0 aliphatic carbocycles. The molecule has 0 saturated carbocycles. The van der Waals surface area contributed by atoms with Gasteiger partial charge in [0.05, 0.1) is 24.7 Å². The number of nitrogens with one attached hydrogen (secondary N) is 1. The summed E-state index contributed by atoms with van der Waals surface area (Å²) in [7, 11) is 1.64. The Balaban J connectivity index is 2.85. The zero-order chi connectivity index (χ0) is 13.4. The van der Waals surface area contributed by atoms with Crippen molar-refractivity contribution in [1.29, 1.82) is 0 Å². The van der Waals surface area contributed by atoms with Crippen molar-refractivity contribution in [2.45, 2.75) is 19.9 Å². The van der Waals surface area contributed by atoms with Crippen LogP contribution in [0.4, 0.5) is 0 Å². The smallest absolute Gasteiger partial charge is 0.175 e. The number of hydrogen-bond donors (Lipinski definition) is 1. The molecule has 1 N–H and O–H groups in total. The topological polar surface area (TPSA) is 30.5 Å². The molecule has 0 radical (unpaired) electrons. The molecule has 0 atom stereocenters. The van der Waals surface area contributed by atoms with E-state index in [1.807, 2.05) is 12.1 Å². The normalized spacial score (nSPS) is 9.89. The third-order valence-corrected chi connectivity index (χ3v) is 2.88. The molecule has 98 valence electrons. The highest BCUT2D eigenvalue weighted by molar-refractivity contribution is 9.10. The maximum Gasteiger partial charge on any atom is 0.175 e. The first-order valence-corrected chi connectivity index (χ1v) is 6.65. The molecule has 3 nitrogen and oxygen atoms in total. The maximum atomic E-state index is 5.66. The molecule has 0 aromatic heterocycles. The molecular weight excluding hydrogens is 294 g/mol. The van der Waals surface area contributed by atoms with E-state index in [2.05, 4.69) is 34.1 Å². The quantitative estimate of drug-likeness (QED) is 0.620. The molecule has 1 aromatic carbocycles. The van der Waals surface area contributed by atoms with E-state index in [4.69, 9.17) is 15.9 Å². The van der Waals surface area contributed by atoms with Gasteiger partial charge < -0.3 is 14.8 Å². The minimum Gasteiger partial charge on any atom is -0.493 e. The van der Waals surface area contributed by atoms with Gasteiger partial charge in [0.15, 0.2) is 11.5 Å². The molecule has 0 heterocycles. The van der Waals surface area contributed by atoms with Crippen LogP contribution >= 0.6 is 15.9 Å². The SMILES string of the molecule is C#CCNCc1cc(Br)c(OCCC)c(OC)c1. The van der Waals surface area contributed by atoms with Crippen molar-refractivity contribution in [3.63, 3.8) is 0 Å². The van der Waals surface area contributed by atoms with Crippen LogP contribution in [0.15, 0.2) is 16.6 Å². The van der Waals surface area contributed by atoms with E-state index < -0.39 is 0 Å². The third-order valence-electron chi connectivity index (χ3n) is 2.30. The first-order valence-electron chi connectivity index (χ1n) is 5.86. The highest BCUT2D eigenvalue weighted by Gasteiger charge is 2.11. The van der Waals surface area contributed by atoms with Gasteiger partial charge in [-0.2, -0.15) is 0 Å². The largest absolute Gasteiger partial charge is 0.493 e. The summed E-state index contributed by atoms with van der Waals surface area (Å²) in [4.78, 5) is 0. The van der Waals surface area contributed by atoms with E-state index in [9.17, 15) is 0 Å². The van der Waals surface area contributed by atoms with Crippen LogP contribution in [-0.2, 0) is 6.54 Å². The summed E-state index contributed by atoms with van der Waals surface area (Å²) in [6.45, 7) is 3.99. The number of ether oxygens (including phenoxy) is 2. The fourth-order valence-corrected chi connectivity index (χ4v) is 2.10. The summed E-state index contributed by atoms with van der Waals surface area (Å²) >= 11 is 3.50. The van der Waals surface area contributed by atoms with Crippen molar-refractivity contribution in [3.05, 3.63) is 22.2 Å². The Bertz CT molecular complexity index is 427. The molecular formula is C14H18BrNO2. The standard InChI is InChI=1S/C14H18BrNO2/c1-4-6-16-10-11-8-12(15)14(18-7-5-2)13(9-11)17-3/h1,8-9,16H,5-7,10H2,2-3H3. The number of benzene rings is 1. The summed E-state index contributed by atoms with van der Waals surface area (Å²) in [5, 5.41) is 3.14. The molecule has 0 unspecified atom stereocenters. The second kappa shape index (κ2) is 8.02. The lowest BCUT2D eigenvalue weighted by molar-refractivity contribution is 0.292. The van der Waals surface area contributed by atoms with Gasteiger partial charge in [-0.3, -0.25) is 0 Å². The van der Waals surface area contributed by atoms with Crippen molar-refractivity contribution in [2.24, 2.45) is 0 Å². The van der Waals surface area contributed by atoms with Gasteiger partial charge in [0.1, 0.15) is 0 Å². The van der Waals surface area contributed by atoms with Gasteiger partial charge in [-0.05, 0) is 40.0 Å². The molecule has 18 heavy (non-hydrogen) atoms. The molecule has 0 aliphatic rings. The predicted molar refractivity (Wildman–Crippen MR) is 77.0 cm³/mol. The first-order chi connectivity index (χ1) is 8.72. The Hall–Kier alpha value is -1.18. The highest BCUT2D eigenvalue weighted by Crippen LogP contribution is 2.36. The van der Waals surface area contributed by atoms with Gasteiger partial charge in [0.25, 0.3) is 0 Å². The summed E-state index contributed by atoms with van der Waals surface area (Å²) in [5.74, 6) is 4.02. The lowest BCUT2D eigenvalue weighted by Crippen LogP contribution is -2.13. The molecule has 0 fully saturated rings. The molecule has 0 aliphatic heterocycles. The lowest BCUT2D eigenvalue weighted by Gasteiger charge is -2.14. The number of methoxy groups -OCH3 is 1. The average molecular weight is 312 g/mol. The van der Waals surface area contributed by atoms with Crippen LogP contribution in [0.25, 0.3) is 0 Å². The maximum absolute atomic E-state index is 5.66. The van der Waals surface area contributed by atoms with Gasteiger partial charge in [0.2, 0.25) is 0 Å². The summed E-state index contributed by atoms with van der Waals surface area (Å²) in [6.07, 6.45) is 6.15. The summed E-state index contributed by atoms with van der Waals surface area (Å²) in [5.41, 5.74) is 1.10. The molecule has 0 saturated heterocycles. The fourth-order valence-electron chi connectivity index (χ4n) is 1.50. The first kappa shape index (κ1) is 14.9. The molecule has 0 amide bonds. The van der Waals surface area contributed by atoms with E-state index in [-0.39, 0.29) is 0 Å². The van der Waals surface area contributed by atoms with E-state index in [1.165, 1.54) is 0 Å². The predicted octanol–water partition coefficient (Wildman–Crippen LogP) is 2.97. The van der Waals surface area contributed by atoms with E-state index >= 15 is 0 Å². The van der Waals surface area contributed by atoms with Crippen LogP contribution in [0.3, 0.4) is 0 Å². The van der Waals surface area contributed by atoms with Crippen LogP contribution in [0.5, 0.6) is 11.5 Å². The highest BCUT2D eigenvalue weighted by atomic mass is 79.9. The number of halogens is 1. The molecule has 0 spiro atoms. The molecule has 1 rings (SSSR count). The number of rotatable bonds is 7. The van der Waals surface area contributed by atoms with Crippen molar-refractivity contribution < 1.29 is 9.47 Å². The van der Waals surface area contributed by atoms with E-state index in [0.717, 1.165) is 28.0 Å². The molecule has 4 heteroatoms. The average Bonchev–Trinajstić information content (AvgIpc) is 2.37. The van der Waals surface area contributed by atoms with Crippen LogP contribution in [0, 0.1) is 12.3 Å². The van der Waals surface area contributed by atoms with Gasteiger partial charge in [-0.1, -0.05) is 12.8 Å². The Morgan fingerprint density at radius 1 is 1.44 bits per heavy atom. The van der Waals surface area contributed by atoms with E-state index in [0.29, 0.717) is 19.7 Å². The van der Waals surface area contributed by atoms with Gasteiger partial charge in [-0.15, -0.1) is 6.42 Å². The van der Waals surface area contributed by atoms with Gasteiger partial charge in [-0.25, -0.2) is 0 Å². The number of terminal acetylenes is 1. The molecule has 1 aromatic rings. The van der Waals surface area contributed by atoms with Crippen LogP contribution in [-0.4, -0.2) is 20.3 Å². The fraction of sp³-hybridized carbons (Fsp3) is 0.429. The van der Waals surface area contributed by atoms with Gasteiger partial charge >= 0.3 is 0 Å². The number of hydrogen-bond acceptors (Lipinski definition) is 3. The Morgan fingerprint density at radius 2 is 2.22 bits per heavy atom. The second-order valence-electron chi connectivity index (χ2n) is 3.77. The lowest BCUT2D eigenvalue weighted by atomic mass is 10.2.